The first-order valence-corrected chi connectivity index (χ1v) is 8.61. The number of carbonyl (C=O) groups is 2. The van der Waals surface area contributed by atoms with E-state index in [2.05, 4.69) is 0 Å². The van der Waals surface area contributed by atoms with Gasteiger partial charge in [-0.25, -0.2) is 0 Å². The molecule has 8 nitrogen and oxygen atoms in total. The van der Waals surface area contributed by atoms with Crippen LogP contribution in [0.4, 0.5) is 0 Å². The molecule has 2 fully saturated rings. The molecule has 0 aliphatic carbocycles. The minimum Gasteiger partial charge on any atom is -0.493 e. The van der Waals surface area contributed by atoms with Gasteiger partial charge in [-0.05, 0) is 17.7 Å². The number of nitrogens with zero attached hydrogens (tertiary/aromatic N) is 1. The summed E-state index contributed by atoms with van der Waals surface area (Å²) >= 11 is 0. The van der Waals surface area contributed by atoms with E-state index in [0.717, 1.165) is 5.56 Å². The van der Waals surface area contributed by atoms with Crippen molar-refractivity contribution in [3.05, 3.63) is 29.8 Å². The van der Waals surface area contributed by atoms with E-state index in [9.17, 15) is 14.7 Å². The van der Waals surface area contributed by atoms with Gasteiger partial charge in [0.15, 0.2) is 11.5 Å². The molecule has 144 valence electrons. The van der Waals surface area contributed by atoms with Gasteiger partial charge in [-0.15, -0.1) is 0 Å². The van der Waals surface area contributed by atoms with Gasteiger partial charge in [0.25, 0.3) is 0 Å². The minimum atomic E-state index is -1.00. The van der Waals surface area contributed by atoms with E-state index in [1.54, 1.807) is 23.1 Å². The van der Waals surface area contributed by atoms with Crippen molar-refractivity contribution < 1.29 is 33.6 Å². The van der Waals surface area contributed by atoms with Crippen molar-refractivity contribution in [3.63, 3.8) is 0 Å². The van der Waals surface area contributed by atoms with E-state index in [0.29, 0.717) is 30.3 Å². The fraction of sp³-hybridized carbons (Fsp3) is 0.474. The Morgan fingerprint density at radius 2 is 1.93 bits per heavy atom. The quantitative estimate of drug-likeness (QED) is 0.744. The number of carbonyl (C=O) groups excluding carboxylic acids is 1. The number of carboxylic acid groups (broad SMARTS) is 1. The van der Waals surface area contributed by atoms with Gasteiger partial charge >= 0.3 is 5.97 Å². The van der Waals surface area contributed by atoms with E-state index in [-0.39, 0.29) is 5.91 Å². The number of hydrogen-bond acceptors (Lipinski definition) is 6. The molecule has 0 radical (unpaired) electrons. The zero-order valence-corrected chi connectivity index (χ0v) is 15.3. The van der Waals surface area contributed by atoms with Crippen LogP contribution in [0.25, 0.3) is 0 Å². The molecule has 1 N–H and O–H groups in total. The molecule has 4 rings (SSSR count). The van der Waals surface area contributed by atoms with Crippen molar-refractivity contribution in [1.82, 2.24) is 4.90 Å². The van der Waals surface area contributed by atoms with Crippen LogP contribution in [0.5, 0.6) is 17.2 Å². The first-order chi connectivity index (χ1) is 12.9. The van der Waals surface area contributed by atoms with Crippen LogP contribution in [-0.4, -0.2) is 61.5 Å². The molecule has 4 atom stereocenters. The molecule has 1 aromatic carbocycles. The molecule has 0 saturated carbocycles. The first-order valence-electron chi connectivity index (χ1n) is 8.61. The van der Waals surface area contributed by atoms with Crippen molar-refractivity contribution in [2.45, 2.75) is 18.2 Å². The third-order valence-electron chi connectivity index (χ3n) is 5.56. The van der Waals surface area contributed by atoms with E-state index >= 15 is 0 Å². The molecule has 8 heteroatoms. The van der Waals surface area contributed by atoms with Gasteiger partial charge in [0.2, 0.25) is 11.7 Å². The van der Waals surface area contributed by atoms with Crippen molar-refractivity contribution >= 4 is 11.9 Å². The smallest absolute Gasteiger partial charge is 0.310 e. The van der Waals surface area contributed by atoms with Crippen LogP contribution < -0.4 is 14.2 Å². The highest BCUT2D eigenvalue weighted by molar-refractivity contribution is 5.90. The van der Waals surface area contributed by atoms with E-state index < -0.39 is 29.5 Å². The first kappa shape index (κ1) is 17.7. The van der Waals surface area contributed by atoms with E-state index in [1.807, 2.05) is 6.08 Å². The van der Waals surface area contributed by atoms with Crippen LogP contribution in [0.3, 0.4) is 0 Å². The molecule has 1 aromatic rings. The van der Waals surface area contributed by atoms with E-state index in [4.69, 9.17) is 18.9 Å². The Kier molecular flexibility index (Phi) is 4.03. The molecule has 1 amide bonds. The number of fused-ring (bicyclic) bond motifs is 1. The Hall–Kier alpha value is -2.74. The third kappa shape index (κ3) is 2.47. The topological polar surface area (TPSA) is 94.5 Å². The van der Waals surface area contributed by atoms with Gasteiger partial charge in [-0.2, -0.15) is 0 Å². The molecule has 0 aromatic heterocycles. The Morgan fingerprint density at radius 1 is 1.26 bits per heavy atom. The predicted molar refractivity (Wildman–Crippen MR) is 92.9 cm³/mol. The van der Waals surface area contributed by atoms with Gasteiger partial charge < -0.3 is 29.0 Å². The standard InChI is InChI=1S/C19H21NO7/c1-24-12-6-10(7-13(25-2)16(12)26-3)8-20-9-19-5-4-11(27-19)14(18(22)23)15(19)17(20)21/h4-7,11,14-15H,8-9H2,1-3H3,(H,22,23)/t11-,14-,15-,19-/m0/s1. The average molecular weight is 375 g/mol. The predicted octanol–water partition coefficient (Wildman–Crippen LogP) is 1.08. The molecule has 3 aliphatic heterocycles. The zero-order chi connectivity index (χ0) is 19.3. The number of carboxylic acids is 1. The molecule has 27 heavy (non-hydrogen) atoms. The number of likely N-dealkylation sites (tertiary alicyclic amines) is 1. The highest BCUT2D eigenvalue weighted by Gasteiger charge is 2.66. The maximum absolute atomic E-state index is 13.0. The second-order valence-electron chi connectivity index (χ2n) is 6.97. The molecule has 0 unspecified atom stereocenters. The highest BCUT2D eigenvalue weighted by atomic mass is 16.5. The Bertz CT molecular complexity index is 810. The number of amides is 1. The second-order valence-corrected chi connectivity index (χ2v) is 6.97. The largest absolute Gasteiger partial charge is 0.493 e. The summed E-state index contributed by atoms with van der Waals surface area (Å²) in [5.41, 5.74) is -0.0505. The molecular formula is C19H21NO7. The van der Waals surface area contributed by atoms with Crippen LogP contribution in [0, 0.1) is 11.8 Å². The van der Waals surface area contributed by atoms with Gasteiger partial charge in [-0.1, -0.05) is 12.2 Å². The lowest BCUT2D eigenvalue weighted by molar-refractivity contribution is -0.148. The Labute approximate surface area is 156 Å². The lowest BCUT2D eigenvalue weighted by Gasteiger charge is -2.22. The van der Waals surface area contributed by atoms with Crippen LogP contribution in [-0.2, 0) is 20.9 Å². The fourth-order valence-corrected chi connectivity index (χ4v) is 4.44. The van der Waals surface area contributed by atoms with Gasteiger partial charge in [0.1, 0.15) is 11.5 Å². The van der Waals surface area contributed by atoms with Crippen molar-refractivity contribution in [2.24, 2.45) is 11.8 Å². The van der Waals surface area contributed by atoms with Gasteiger partial charge in [0.05, 0.1) is 39.9 Å². The number of aliphatic carboxylic acids is 1. The van der Waals surface area contributed by atoms with Crippen molar-refractivity contribution in [1.29, 1.82) is 0 Å². The Morgan fingerprint density at radius 3 is 2.48 bits per heavy atom. The summed E-state index contributed by atoms with van der Waals surface area (Å²) in [6, 6.07) is 3.56. The lowest BCUT2D eigenvalue weighted by Crippen LogP contribution is -2.39. The summed E-state index contributed by atoms with van der Waals surface area (Å²) in [6.45, 7) is 0.617. The van der Waals surface area contributed by atoms with Crippen LogP contribution in [0.2, 0.25) is 0 Å². The number of benzene rings is 1. The van der Waals surface area contributed by atoms with Crippen LogP contribution in [0.15, 0.2) is 24.3 Å². The van der Waals surface area contributed by atoms with Crippen LogP contribution in [0.1, 0.15) is 5.56 Å². The average Bonchev–Trinajstić information content (AvgIpc) is 3.29. The summed E-state index contributed by atoms with van der Waals surface area (Å²) < 4.78 is 21.9. The highest BCUT2D eigenvalue weighted by Crippen LogP contribution is 2.52. The van der Waals surface area contributed by atoms with E-state index in [1.165, 1.54) is 21.3 Å². The maximum Gasteiger partial charge on any atom is 0.310 e. The number of hydrogen-bond donors (Lipinski definition) is 1. The maximum atomic E-state index is 13.0. The zero-order valence-electron chi connectivity index (χ0n) is 15.3. The summed E-state index contributed by atoms with van der Waals surface area (Å²) in [7, 11) is 4.58. The van der Waals surface area contributed by atoms with Gasteiger partial charge in [-0.3, -0.25) is 9.59 Å². The summed E-state index contributed by atoms with van der Waals surface area (Å²) in [4.78, 5) is 26.3. The Balaban J connectivity index is 1.63. The normalized spacial score (nSPS) is 30.6. The second kappa shape index (κ2) is 6.16. The third-order valence-corrected chi connectivity index (χ3v) is 5.56. The molecule has 2 bridgehead atoms. The lowest BCUT2D eigenvalue weighted by atomic mass is 9.77. The molecule has 2 saturated heterocycles. The monoisotopic (exact) mass is 375 g/mol. The molecule has 3 aliphatic rings. The molecule has 1 spiro atoms. The minimum absolute atomic E-state index is 0.206. The number of rotatable bonds is 6. The van der Waals surface area contributed by atoms with Gasteiger partial charge in [0, 0.05) is 6.54 Å². The summed E-state index contributed by atoms with van der Waals surface area (Å²) in [5.74, 6) is -1.26. The molecule has 3 heterocycles. The summed E-state index contributed by atoms with van der Waals surface area (Å²) in [5, 5.41) is 9.54. The number of ether oxygens (including phenoxy) is 4. The number of methoxy groups -OCH3 is 3. The SMILES string of the molecule is COc1cc(CN2C[C@]34C=C[C@H](O3)[C@H](C(=O)O)[C@H]4C2=O)cc(OC)c1OC. The van der Waals surface area contributed by atoms with Crippen LogP contribution >= 0.6 is 0 Å². The van der Waals surface area contributed by atoms with Crippen molar-refractivity contribution in [2.75, 3.05) is 27.9 Å². The van der Waals surface area contributed by atoms with Crippen molar-refractivity contribution in [3.8, 4) is 17.2 Å². The molecular weight excluding hydrogens is 354 g/mol. The summed E-state index contributed by atoms with van der Waals surface area (Å²) in [6.07, 6.45) is 3.07. The fourth-order valence-electron chi connectivity index (χ4n) is 4.44.